The first-order valence-corrected chi connectivity index (χ1v) is 11.0. The Labute approximate surface area is 180 Å². The summed E-state index contributed by atoms with van der Waals surface area (Å²) in [5, 5.41) is 20.7. The van der Waals surface area contributed by atoms with E-state index in [4.69, 9.17) is 4.74 Å². The number of carbonyl (C=O) groups is 1. The molecule has 0 radical (unpaired) electrons. The number of halogens is 2. The monoisotopic (exact) mass is 454 g/mol. The molecule has 1 aromatic carbocycles. The van der Waals surface area contributed by atoms with Crippen LogP contribution in [0.5, 0.6) is 5.75 Å². The molecule has 12 heteroatoms. The van der Waals surface area contributed by atoms with Crippen LogP contribution in [0, 0.1) is 11.6 Å². The van der Waals surface area contributed by atoms with E-state index in [-0.39, 0.29) is 17.4 Å². The number of rotatable bonds is 9. The van der Waals surface area contributed by atoms with Gasteiger partial charge < -0.3 is 9.30 Å². The van der Waals surface area contributed by atoms with Crippen molar-refractivity contribution in [1.82, 2.24) is 25.0 Å². The molecule has 30 heavy (non-hydrogen) atoms. The molecule has 0 saturated heterocycles. The maximum absolute atomic E-state index is 13.9. The van der Waals surface area contributed by atoms with Gasteiger partial charge in [0.2, 0.25) is 11.0 Å². The number of anilines is 1. The molecule has 0 saturated carbocycles. The lowest BCUT2D eigenvalue weighted by Crippen LogP contribution is -2.15. The molecule has 2 heterocycles. The smallest absolute Gasteiger partial charge is 0.236 e. The Morgan fingerprint density at radius 2 is 2.07 bits per heavy atom. The van der Waals surface area contributed by atoms with Crippen LogP contribution in [0.2, 0.25) is 0 Å². The van der Waals surface area contributed by atoms with Crippen molar-refractivity contribution in [3.05, 3.63) is 40.7 Å². The van der Waals surface area contributed by atoms with Crippen LogP contribution in [0.25, 0.3) is 0 Å². The summed E-state index contributed by atoms with van der Waals surface area (Å²) in [6.45, 7) is 6.09. The minimum absolute atomic E-state index is 0.0772. The molecule has 0 aliphatic rings. The molecule has 0 spiro atoms. The van der Waals surface area contributed by atoms with E-state index in [1.165, 1.54) is 29.2 Å². The lowest BCUT2D eigenvalue weighted by Gasteiger charge is -2.16. The van der Waals surface area contributed by atoms with Gasteiger partial charge in [-0.05, 0) is 32.4 Å². The molecule has 1 N–H and O–H groups in total. The summed E-state index contributed by atoms with van der Waals surface area (Å²) >= 11 is 2.55. The number of benzene rings is 1. The third kappa shape index (κ3) is 5.30. The van der Waals surface area contributed by atoms with Gasteiger partial charge in [0.1, 0.15) is 10.8 Å². The van der Waals surface area contributed by atoms with E-state index >= 15 is 0 Å². The summed E-state index contributed by atoms with van der Waals surface area (Å²) in [7, 11) is 0. The minimum Gasteiger partial charge on any atom is -0.480 e. The van der Waals surface area contributed by atoms with Crippen molar-refractivity contribution in [2.75, 3.05) is 11.1 Å². The third-order valence-corrected chi connectivity index (χ3v) is 5.92. The number of nitrogens with one attached hydrogen (secondary N) is 1. The third-order valence-electron chi connectivity index (χ3n) is 3.97. The topological polar surface area (TPSA) is 94.8 Å². The fourth-order valence-electron chi connectivity index (χ4n) is 2.55. The SMILES string of the molecule is CCc1nnc(NC(=O)CSc2nnc(C(C)Oc3ccc(F)cc3F)n2CC)s1. The predicted octanol–water partition coefficient (Wildman–Crippen LogP) is 3.86. The zero-order chi connectivity index (χ0) is 21.7. The molecule has 2 aromatic heterocycles. The number of hydrogen-bond acceptors (Lipinski definition) is 8. The lowest BCUT2D eigenvalue weighted by molar-refractivity contribution is -0.113. The minimum atomic E-state index is -0.793. The maximum Gasteiger partial charge on any atom is 0.236 e. The zero-order valence-electron chi connectivity index (χ0n) is 16.6. The molecule has 160 valence electrons. The molecule has 8 nitrogen and oxygen atoms in total. The number of aromatic nitrogens is 5. The van der Waals surface area contributed by atoms with E-state index in [1.807, 2.05) is 13.8 Å². The van der Waals surface area contributed by atoms with E-state index in [1.54, 1.807) is 11.5 Å². The fraction of sp³-hybridized carbons (Fsp3) is 0.389. The normalized spacial score (nSPS) is 12.0. The Balaban J connectivity index is 1.63. The average Bonchev–Trinajstić information content (AvgIpc) is 3.34. The highest BCUT2D eigenvalue weighted by atomic mass is 32.2. The van der Waals surface area contributed by atoms with Crippen molar-refractivity contribution >= 4 is 34.1 Å². The van der Waals surface area contributed by atoms with Gasteiger partial charge in [-0.1, -0.05) is 30.0 Å². The second-order valence-electron chi connectivity index (χ2n) is 6.11. The van der Waals surface area contributed by atoms with Gasteiger partial charge in [0.25, 0.3) is 0 Å². The van der Waals surface area contributed by atoms with Gasteiger partial charge in [-0.25, -0.2) is 8.78 Å². The number of thioether (sulfide) groups is 1. The summed E-state index contributed by atoms with van der Waals surface area (Å²) in [4.78, 5) is 12.2. The molecule has 3 rings (SSSR count). The van der Waals surface area contributed by atoms with E-state index in [0.717, 1.165) is 23.6 Å². The molecule has 1 atom stereocenters. The van der Waals surface area contributed by atoms with Gasteiger partial charge in [-0.15, -0.1) is 20.4 Å². The van der Waals surface area contributed by atoms with Gasteiger partial charge in [0.05, 0.1) is 5.75 Å². The Morgan fingerprint density at radius 3 is 2.73 bits per heavy atom. The molecule has 3 aromatic rings. The fourth-order valence-corrected chi connectivity index (χ4v) is 4.06. The standard InChI is InChI=1S/C18H20F2N6O2S2/c1-4-15-22-24-17(30-15)21-14(27)9-29-18-25-23-16(26(18)5-2)10(3)28-13-7-6-11(19)8-12(13)20/h6-8,10H,4-5,9H2,1-3H3,(H,21,24,27). The van der Waals surface area contributed by atoms with Gasteiger partial charge in [-0.2, -0.15) is 0 Å². The van der Waals surface area contributed by atoms with E-state index in [2.05, 4.69) is 25.7 Å². The Kier molecular flexibility index (Phi) is 7.32. The van der Waals surface area contributed by atoms with Crippen LogP contribution < -0.4 is 10.1 Å². The number of aryl methyl sites for hydroxylation is 1. The molecule has 0 fully saturated rings. The van der Waals surface area contributed by atoms with Crippen LogP contribution in [-0.4, -0.2) is 36.6 Å². The zero-order valence-corrected chi connectivity index (χ0v) is 18.2. The van der Waals surface area contributed by atoms with Crippen molar-refractivity contribution in [3.63, 3.8) is 0 Å². The molecule has 0 bridgehead atoms. The van der Waals surface area contributed by atoms with Crippen LogP contribution in [-0.2, 0) is 17.8 Å². The summed E-state index contributed by atoms with van der Waals surface area (Å²) in [6.07, 6.45) is 0.127. The number of ether oxygens (including phenoxy) is 1. The second kappa shape index (κ2) is 9.94. The van der Waals surface area contributed by atoms with E-state index < -0.39 is 17.7 Å². The molecule has 0 aliphatic carbocycles. The largest absolute Gasteiger partial charge is 0.480 e. The highest BCUT2D eigenvalue weighted by Gasteiger charge is 2.21. The van der Waals surface area contributed by atoms with Gasteiger partial charge in [0, 0.05) is 12.6 Å². The average molecular weight is 455 g/mol. The second-order valence-corrected chi connectivity index (χ2v) is 8.12. The van der Waals surface area contributed by atoms with Crippen molar-refractivity contribution in [2.24, 2.45) is 0 Å². The summed E-state index contributed by atoms with van der Waals surface area (Å²) < 4.78 is 34.3. The van der Waals surface area contributed by atoms with Crippen molar-refractivity contribution in [2.45, 2.75) is 45.0 Å². The number of carbonyl (C=O) groups excluding carboxylic acids is 1. The number of nitrogens with zero attached hydrogens (tertiary/aromatic N) is 5. The quantitative estimate of drug-likeness (QED) is 0.491. The summed E-state index contributed by atoms with van der Waals surface area (Å²) in [5.74, 6) is -1.20. The Hall–Kier alpha value is -2.60. The van der Waals surface area contributed by atoms with Crippen LogP contribution in [0.4, 0.5) is 13.9 Å². The van der Waals surface area contributed by atoms with Crippen LogP contribution in [0.15, 0.2) is 23.4 Å². The van der Waals surface area contributed by atoms with E-state index in [0.29, 0.717) is 22.7 Å². The van der Waals surface area contributed by atoms with Gasteiger partial charge in [-0.3, -0.25) is 10.1 Å². The highest BCUT2D eigenvalue weighted by molar-refractivity contribution is 7.99. The number of amides is 1. The molecule has 1 unspecified atom stereocenters. The molecule has 1 amide bonds. The van der Waals surface area contributed by atoms with Gasteiger partial charge >= 0.3 is 0 Å². The van der Waals surface area contributed by atoms with Crippen LogP contribution in [0.3, 0.4) is 0 Å². The summed E-state index contributed by atoms with van der Waals surface area (Å²) in [5.41, 5.74) is 0. The van der Waals surface area contributed by atoms with Crippen LogP contribution in [0.1, 0.15) is 37.7 Å². The maximum atomic E-state index is 13.9. The molecular formula is C18H20F2N6O2S2. The number of hydrogen-bond donors (Lipinski definition) is 1. The highest BCUT2D eigenvalue weighted by Crippen LogP contribution is 2.27. The Morgan fingerprint density at radius 1 is 1.27 bits per heavy atom. The van der Waals surface area contributed by atoms with E-state index in [9.17, 15) is 13.6 Å². The first kappa shape index (κ1) is 22.1. The predicted molar refractivity (Wildman–Crippen MR) is 110 cm³/mol. The van der Waals surface area contributed by atoms with Crippen molar-refractivity contribution < 1.29 is 18.3 Å². The first-order chi connectivity index (χ1) is 14.4. The summed E-state index contributed by atoms with van der Waals surface area (Å²) in [6, 6.07) is 3.11. The lowest BCUT2D eigenvalue weighted by atomic mass is 10.3. The molecule has 0 aliphatic heterocycles. The molecular weight excluding hydrogens is 434 g/mol. The van der Waals surface area contributed by atoms with Crippen LogP contribution >= 0.6 is 23.1 Å². The Bertz CT molecular complexity index is 1030. The van der Waals surface area contributed by atoms with Crippen molar-refractivity contribution in [3.8, 4) is 5.75 Å². The first-order valence-electron chi connectivity index (χ1n) is 9.21. The van der Waals surface area contributed by atoms with Crippen molar-refractivity contribution in [1.29, 1.82) is 0 Å². The van der Waals surface area contributed by atoms with Gasteiger partial charge in [0.15, 0.2) is 28.7 Å².